The Labute approximate surface area is 483 Å². The quantitative estimate of drug-likeness (QED) is 0.0264. The van der Waals surface area contributed by atoms with Gasteiger partial charge in [0.05, 0.1) is 13.2 Å². The minimum Gasteiger partial charge on any atom is -0.462 e. The zero-order valence-electron chi connectivity index (χ0n) is 51.4. The van der Waals surface area contributed by atoms with Crippen LogP contribution >= 0.6 is 7.82 Å². The van der Waals surface area contributed by atoms with Crippen molar-refractivity contribution >= 4 is 19.8 Å². The molecular weight excluding hydrogens is 990 g/mol. The number of ether oxygens (including phenoxy) is 2. The summed E-state index contributed by atoms with van der Waals surface area (Å²) in [6.45, 7) is 3.68. The van der Waals surface area contributed by atoms with Gasteiger partial charge in [-0.05, 0) is 51.4 Å². The molecule has 0 rings (SSSR count). The van der Waals surface area contributed by atoms with Gasteiger partial charge in [-0.15, -0.1) is 0 Å². The van der Waals surface area contributed by atoms with Gasteiger partial charge in [-0.25, -0.2) is 4.57 Å². The summed E-state index contributed by atoms with van der Waals surface area (Å²) in [4.78, 5) is 35.3. The topological polar surface area (TPSA) is 134 Å². The number of rotatable bonds is 64. The molecule has 0 aliphatic rings. The Hall–Kier alpha value is -2.03. The smallest absolute Gasteiger partial charge is 0.462 e. The van der Waals surface area contributed by atoms with Crippen molar-refractivity contribution in [2.24, 2.45) is 5.73 Å². The zero-order chi connectivity index (χ0) is 56.6. The SMILES string of the molecule is CC/C=C\C/C=C\C/C=C\C/C=C\CCCCCCCCCCC(=O)OC(COC(=O)CCCCCCCCCCCCCCCCCCCCCCCCCCCCCCCCCCCCCC)COP(=O)(O)OCCN. The molecule has 0 aromatic rings. The van der Waals surface area contributed by atoms with Crippen LogP contribution in [0.2, 0.25) is 0 Å². The van der Waals surface area contributed by atoms with Gasteiger partial charge in [0, 0.05) is 19.4 Å². The lowest BCUT2D eigenvalue weighted by Crippen LogP contribution is -2.29. The van der Waals surface area contributed by atoms with Crippen LogP contribution in [0.4, 0.5) is 0 Å². The largest absolute Gasteiger partial charge is 0.472 e. The van der Waals surface area contributed by atoms with Gasteiger partial charge in [0.25, 0.3) is 0 Å². The molecular formula is C68H128NO8P. The molecule has 0 bridgehead atoms. The van der Waals surface area contributed by atoms with E-state index in [1.807, 2.05) is 0 Å². The van der Waals surface area contributed by atoms with E-state index in [-0.39, 0.29) is 38.6 Å². The fraction of sp³-hybridized carbons (Fsp3) is 0.853. The predicted molar refractivity (Wildman–Crippen MR) is 335 cm³/mol. The van der Waals surface area contributed by atoms with Gasteiger partial charge in [-0.3, -0.25) is 18.6 Å². The van der Waals surface area contributed by atoms with Crippen LogP contribution in [0.25, 0.3) is 0 Å². The first-order valence-electron chi connectivity index (χ1n) is 33.6. The van der Waals surface area contributed by atoms with Gasteiger partial charge in [0.2, 0.25) is 0 Å². The van der Waals surface area contributed by atoms with Crippen molar-refractivity contribution in [2.75, 3.05) is 26.4 Å². The normalized spacial score (nSPS) is 13.2. The van der Waals surface area contributed by atoms with Crippen LogP contribution in [-0.2, 0) is 32.7 Å². The van der Waals surface area contributed by atoms with Crippen LogP contribution in [-0.4, -0.2) is 49.3 Å². The summed E-state index contributed by atoms with van der Waals surface area (Å²) >= 11 is 0. The van der Waals surface area contributed by atoms with Gasteiger partial charge >= 0.3 is 19.8 Å². The summed E-state index contributed by atoms with van der Waals surface area (Å²) in [6, 6.07) is 0. The molecule has 0 aromatic heterocycles. The summed E-state index contributed by atoms with van der Waals surface area (Å²) in [5, 5.41) is 0. The predicted octanol–water partition coefficient (Wildman–Crippen LogP) is 21.7. The average molecular weight is 1120 g/mol. The van der Waals surface area contributed by atoms with Crippen LogP contribution in [0.1, 0.15) is 341 Å². The van der Waals surface area contributed by atoms with E-state index in [0.717, 1.165) is 70.6 Å². The van der Waals surface area contributed by atoms with Crippen molar-refractivity contribution in [3.05, 3.63) is 48.6 Å². The van der Waals surface area contributed by atoms with Gasteiger partial charge in [-0.2, -0.15) is 0 Å². The van der Waals surface area contributed by atoms with E-state index < -0.39 is 26.5 Å². The molecule has 0 fully saturated rings. The molecule has 0 radical (unpaired) electrons. The van der Waals surface area contributed by atoms with Crippen molar-refractivity contribution in [3.8, 4) is 0 Å². The maximum Gasteiger partial charge on any atom is 0.472 e. The van der Waals surface area contributed by atoms with Gasteiger partial charge in [0.1, 0.15) is 6.61 Å². The Balaban J connectivity index is 3.79. The molecule has 0 aliphatic heterocycles. The van der Waals surface area contributed by atoms with Crippen LogP contribution < -0.4 is 5.73 Å². The average Bonchev–Trinajstić information content (AvgIpc) is 3.43. The summed E-state index contributed by atoms with van der Waals surface area (Å²) < 4.78 is 33.1. The molecule has 458 valence electrons. The highest BCUT2D eigenvalue weighted by molar-refractivity contribution is 7.47. The van der Waals surface area contributed by atoms with Crippen molar-refractivity contribution < 1.29 is 37.6 Å². The van der Waals surface area contributed by atoms with E-state index in [1.54, 1.807) is 0 Å². The minimum absolute atomic E-state index is 0.0520. The molecule has 78 heavy (non-hydrogen) atoms. The Morgan fingerprint density at radius 3 is 1.05 bits per heavy atom. The molecule has 0 saturated carbocycles. The Morgan fingerprint density at radius 2 is 0.705 bits per heavy atom. The summed E-state index contributed by atoms with van der Waals surface area (Å²) in [5.41, 5.74) is 5.39. The zero-order valence-corrected chi connectivity index (χ0v) is 52.3. The second-order valence-corrected chi connectivity index (χ2v) is 24.1. The molecule has 0 amide bonds. The minimum atomic E-state index is -4.39. The van der Waals surface area contributed by atoms with Crippen LogP contribution in [0.3, 0.4) is 0 Å². The van der Waals surface area contributed by atoms with Crippen molar-refractivity contribution in [2.45, 2.75) is 347 Å². The maximum absolute atomic E-state index is 12.7. The Morgan fingerprint density at radius 1 is 0.397 bits per heavy atom. The third kappa shape index (κ3) is 63.2. The first-order chi connectivity index (χ1) is 38.3. The third-order valence-electron chi connectivity index (χ3n) is 15.0. The van der Waals surface area contributed by atoms with Crippen molar-refractivity contribution in [1.29, 1.82) is 0 Å². The number of nitrogens with two attached hydrogens (primary N) is 1. The fourth-order valence-electron chi connectivity index (χ4n) is 10.0. The summed E-state index contributed by atoms with van der Waals surface area (Å²) in [5.74, 6) is -0.823. The number of phosphoric acid groups is 1. The van der Waals surface area contributed by atoms with Crippen LogP contribution in [0.15, 0.2) is 48.6 Å². The number of carbonyl (C=O) groups excluding carboxylic acids is 2. The first-order valence-corrected chi connectivity index (χ1v) is 35.1. The number of hydrogen-bond donors (Lipinski definition) is 2. The van der Waals surface area contributed by atoms with E-state index in [2.05, 4.69) is 62.5 Å². The summed E-state index contributed by atoms with van der Waals surface area (Å²) in [7, 11) is -4.39. The lowest BCUT2D eigenvalue weighted by molar-refractivity contribution is -0.161. The van der Waals surface area contributed by atoms with Crippen molar-refractivity contribution in [3.63, 3.8) is 0 Å². The number of allylic oxidation sites excluding steroid dienone is 8. The number of hydrogen-bond acceptors (Lipinski definition) is 8. The highest BCUT2D eigenvalue weighted by Crippen LogP contribution is 2.43. The second-order valence-electron chi connectivity index (χ2n) is 22.7. The summed E-state index contributed by atoms with van der Waals surface area (Å²) in [6.07, 6.45) is 80.7. The highest BCUT2D eigenvalue weighted by Gasteiger charge is 2.26. The maximum atomic E-state index is 12.7. The molecule has 3 N–H and O–H groups in total. The molecule has 9 nitrogen and oxygen atoms in total. The molecule has 0 aromatic carbocycles. The van der Waals surface area contributed by atoms with E-state index in [9.17, 15) is 19.0 Å². The molecule has 0 spiro atoms. The monoisotopic (exact) mass is 1120 g/mol. The standard InChI is InChI=1S/C68H128NO8P/c1-3-5-7-9-11-13-15-17-19-21-23-25-26-27-28-29-30-31-32-33-34-35-36-37-38-39-41-42-44-46-48-50-52-54-56-58-60-67(70)74-64-66(65-76-78(72,73)75-63-62-69)77-68(71)61-59-57-55-53-51-49-47-45-43-40-24-22-20-18-16-14-12-10-8-6-4-2/h6,8,12,14,18,20,24,40,66H,3-5,7,9-11,13,15-17,19,21-23,25-39,41-65,69H2,1-2H3,(H,72,73)/b8-6-,14-12-,20-18-,40-24-. The number of phosphoric ester groups is 1. The molecule has 0 aliphatic carbocycles. The van der Waals surface area contributed by atoms with Crippen LogP contribution in [0, 0.1) is 0 Å². The van der Waals surface area contributed by atoms with Crippen LogP contribution in [0.5, 0.6) is 0 Å². The Bertz CT molecular complexity index is 1420. The molecule has 2 atom stereocenters. The second kappa shape index (κ2) is 64.1. The molecule has 2 unspecified atom stereocenters. The first kappa shape index (κ1) is 76.0. The number of esters is 2. The van der Waals surface area contributed by atoms with E-state index >= 15 is 0 Å². The third-order valence-corrected chi connectivity index (χ3v) is 16.0. The van der Waals surface area contributed by atoms with E-state index in [4.69, 9.17) is 24.3 Å². The molecule has 0 heterocycles. The number of carbonyl (C=O) groups is 2. The highest BCUT2D eigenvalue weighted by atomic mass is 31.2. The van der Waals surface area contributed by atoms with E-state index in [0.29, 0.717) is 6.42 Å². The lowest BCUT2D eigenvalue weighted by atomic mass is 10.0. The van der Waals surface area contributed by atoms with Gasteiger partial charge in [-0.1, -0.05) is 326 Å². The lowest BCUT2D eigenvalue weighted by Gasteiger charge is -2.19. The fourth-order valence-corrected chi connectivity index (χ4v) is 10.8. The van der Waals surface area contributed by atoms with Gasteiger partial charge in [0.15, 0.2) is 6.10 Å². The van der Waals surface area contributed by atoms with E-state index in [1.165, 1.54) is 238 Å². The Kier molecular flexibility index (Phi) is 62.5. The molecule has 0 saturated heterocycles. The van der Waals surface area contributed by atoms with Gasteiger partial charge < -0.3 is 20.1 Å². The number of unbranched alkanes of at least 4 members (excludes halogenated alkanes) is 43. The molecule has 10 heteroatoms. The van der Waals surface area contributed by atoms with Crippen molar-refractivity contribution in [1.82, 2.24) is 0 Å².